The molecule has 2 aromatic rings. The van der Waals surface area contributed by atoms with E-state index in [2.05, 4.69) is 15.6 Å². The smallest absolute Gasteiger partial charge is 0.265 e. The van der Waals surface area contributed by atoms with Crippen molar-refractivity contribution in [2.75, 3.05) is 10.6 Å². The molecule has 1 aromatic carbocycles. The van der Waals surface area contributed by atoms with Gasteiger partial charge >= 0.3 is 0 Å². The number of H-pyrrole nitrogens is 1. The first-order valence-electron chi connectivity index (χ1n) is 6.65. The lowest BCUT2D eigenvalue weighted by Gasteiger charge is -2.24. The summed E-state index contributed by atoms with van der Waals surface area (Å²) in [4.78, 5) is 38.3. The minimum atomic E-state index is -0.693. The van der Waals surface area contributed by atoms with E-state index in [1.807, 2.05) is 0 Å². The third-order valence-electron chi connectivity index (χ3n) is 3.25. The number of hydrogen-bond donors (Lipinski definition) is 3. The number of aromatic nitrogens is 1. The monoisotopic (exact) mass is 299 g/mol. The largest absolute Gasteiger partial charge is 0.478 e. The van der Waals surface area contributed by atoms with E-state index in [1.165, 1.54) is 18.5 Å². The predicted octanol–water partition coefficient (Wildman–Crippen LogP) is 1.35. The van der Waals surface area contributed by atoms with Crippen molar-refractivity contribution >= 4 is 23.2 Å². The number of aromatic amines is 1. The van der Waals surface area contributed by atoms with Gasteiger partial charge in [0.15, 0.2) is 11.9 Å². The molecule has 112 valence electrons. The maximum absolute atomic E-state index is 12.4. The van der Waals surface area contributed by atoms with Crippen LogP contribution in [0, 0.1) is 0 Å². The second-order valence-electron chi connectivity index (χ2n) is 4.81. The van der Waals surface area contributed by atoms with E-state index in [9.17, 15) is 14.4 Å². The van der Waals surface area contributed by atoms with Crippen LogP contribution in [0.15, 0.2) is 41.5 Å². The highest BCUT2D eigenvalue weighted by Crippen LogP contribution is 2.33. The van der Waals surface area contributed by atoms with Gasteiger partial charge in [-0.05, 0) is 19.1 Å². The Bertz CT molecular complexity index is 812. The van der Waals surface area contributed by atoms with E-state index in [-0.39, 0.29) is 22.6 Å². The standard InChI is InChI=1S/C15H13N3O4/c1-8-14(20)17-10-4-2-3-9(13(10)22-8)15(21)18-11-7-16-6-5-12(11)19/h2-8H,1H3,(H,16,19)(H,17,20)(H,18,21). The topological polar surface area (TPSA) is 100 Å². The quantitative estimate of drug-likeness (QED) is 0.779. The first kappa shape index (κ1) is 13.9. The molecule has 7 nitrogen and oxygen atoms in total. The summed E-state index contributed by atoms with van der Waals surface area (Å²) >= 11 is 0. The molecule has 7 heteroatoms. The Hall–Kier alpha value is -3.09. The van der Waals surface area contributed by atoms with Gasteiger partial charge in [0.25, 0.3) is 11.8 Å². The lowest BCUT2D eigenvalue weighted by atomic mass is 10.1. The van der Waals surface area contributed by atoms with Gasteiger partial charge in [-0.2, -0.15) is 0 Å². The Morgan fingerprint density at radius 3 is 2.86 bits per heavy atom. The molecule has 2 heterocycles. The van der Waals surface area contributed by atoms with Crippen LogP contribution in [0.4, 0.5) is 11.4 Å². The molecular weight excluding hydrogens is 286 g/mol. The van der Waals surface area contributed by atoms with Crippen LogP contribution in [0.5, 0.6) is 5.75 Å². The van der Waals surface area contributed by atoms with Crippen molar-refractivity contribution < 1.29 is 14.3 Å². The van der Waals surface area contributed by atoms with E-state index in [0.717, 1.165) is 0 Å². The molecule has 1 aliphatic heterocycles. The van der Waals surface area contributed by atoms with Crippen LogP contribution in [-0.4, -0.2) is 22.9 Å². The zero-order chi connectivity index (χ0) is 15.7. The Morgan fingerprint density at radius 2 is 2.09 bits per heavy atom. The molecule has 0 fully saturated rings. The minimum Gasteiger partial charge on any atom is -0.478 e. The second-order valence-corrected chi connectivity index (χ2v) is 4.81. The zero-order valence-corrected chi connectivity index (χ0v) is 11.7. The summed E-state index contributed by atoms with van der Waals surface area (Å²) in [7, 11) is 0. The van der Waals surface area contributed by atoms with Crippen LogP contribution in [0.25, 0.3) is 0 Å². The molecule has 1 atom stereocenters. The molecule has 0 saturated heterocycles. The summed E-state index contributed by atoms with van der Waals surface area (Å²) < 4.78 is 5.51. The second kappa shape index (κ2) is 5.36. The molecular formula is C15H13N3O4. The van der Waals surface area contributed by atoms with Gasteiger partial charge in [-0.25, -0.2) is 0 Å². The van der Waals surface area contributed by atoms with Crippen molar-refractivity contribution in [3.05, 3.63) is 52.4 Å². The number of nitrogens with one attached hydrogen (secondary N) is 3. The van der Waals surface area contributed by atoms with Crippen molar-refractivity contribution in [2.24, 2.45) is 0 Å². The van der Waals surface area contributed by atoms with Gasteiger partial charge in [-0.3, -0.25) is 14.4 Å². The molecule has 0 bridgehead atoms. The maximum atomic E-state index is 12.4. The highest BCUT2D eigenvalue weighted by atomic mass is 16.5. The van der Waals surface area contributed by atoms with Gasteiger partial charge in [0.1, 0.15) is 5.69 Å². The Morgan fingerprint density at radius 1 is 1.27 bits per heavy atom. The van der Waals surface area contributed by atoms with E-state index in [1.54, 1.807) is 25.1 Å². The van der Waals surface area contributed by atoms with Gasteiger partial charge in [0.2, 0.25) is 5.43 Å². The summed E-state index contributed by atoms with van der Waals surface area (Å²) in [6, 6.07) is 6.15. The zero-order valence-electron chi connectivity index (χ0n) is 11.7. The SMILES string of the molecule is CC1Oc2c(cccc2C(=O)Nc2c[nH]ccc2=O)NC1=O. The number of carbonyl (C=O) groups excluding carboxylic acids is 2. The van der Waals surface area contributed by atoms with Crippen LogP contribution in [0.2, 0.25) is 0 Å². The van der Waals surface area contributed by atoms with Gasteiger partial charge in [-0.15, -0.1) is 0 Å². The fourth-order valence-electron chi connectivity index (χ4n) is 2.11. The van der Waals surface area contributed by atoms with Crippen LogP contribution >= 0.6 is 0 Å². The van der Waals surface area contributed by atoms with Crippen molar-refractivity contribution in [2.45, 2.75) is 13.0 Å². The maximum Gasteiger partial charge on any atom is 0.265 e. The summed E-state index contributed by atoms with van der Waals surface area (Å²) in [5, 5.41) is 5.20. The predicted molar refractivity (Wildman–Crippen MR) is 80.2 cm³/mol. The number of fused-ring (bicyclic) bond motifs is 1. The van der Waals surface area contributed by atoms with Crippen LogP contribution in [-0.2, 0) is 4.79 Å². The average molecular weight is 299 g/mol. The number of ether oxygens (including phenoxy) is 1. The third-order valence-corrected chi connectivity index (χ3v) is 3.25. The number of pyridine rings is 1. The van der Waals surface area contributed by atoms with Gasteiger partial charge in [0, 0.05) is 18.5 Å². The molecule has 3 N–H and O–H groups in total. The minimum absolute atomic E-state index is 0.137. The van der Waals surface area contributed by atoms with Crippen molar-refractivity contribution in [1.29, 1.82) is 0 Å². The molecule has 1 unspecified atom stereocenters. The lowest BCUT2D eigenvalue weighted by Crippen LogP contribution is -2.35. The van der Waals surface area contributed by atoms with Crippen LogP contribution in [0.3, 0.4) is 0 Å². The summed E-state index contributed by atoms with van der Waals surface area (Å²) in [6.07, 6.45) is 2.19. The van der Waals surface area contributed by atoms with E-state index >= 15 is 0 Å². The van der Waals surface area contributed by atoms with Crippen molar-refractivity contribution in [1.82, 2.24) is 4.98 Å². The van der Waals surface area contributed by atoms with Crippen LogP contribution < -0.4 is 20.8 Å². The van der Waals surface area contributed by atoms with Gasteiger partial charge in [-0.1, -0.05) is 6.07 Å². The third kappa shape index (κ3) is 2.44. The van der Waals surface area contributed by atoms with Crippen molar-refractivity contribution in [3.8, 4) is 5.75 Å². The molecule has 3 rings (SSSR count). The Labute approximate surface area is 125 Å². The lowest BCUT2D eigenvalue weighted by molar-refractivity contribution is -0.122. The molecule has 22 heavy (non-hydrogen) atoms. The highest BCUT2D eigenvalue weighted by molar-refractivity contribution is 6.09. The number of benzene rings is 1. The Kier molecular flexibility index (Phi) is 3.38. The molecule has 2 amide bonds. The fourth-order valence-corrected chi connectivity index (χ4v) is 2.11. The number of rotatable bonds is 2. The van der Waals surface area contributed by atoms with Crippen molar-refractivity contribution in [3.63, 3.8) is 0 Å². The fraction of sp³-hybridized carbons (Fsp3) is 0.133. The first-order valence-corrected chi connectivity index (χ1v) is 6.65. The highest BCUT2D eigenvalue weighted by Gasteiger charge is 2.27. The van der Waals surface area contributed by atoms with Gasteiger partial charge in [0.05, 0.1) is 11.3 Å². The normalized spacial score (nSPS) is 16.2. The molecule has 0 saturated carbocycles. The molecule has 0 spiro atoms. The first-order chi connectivity index (χ1) is 10.6. The number of carbonyl (C=O) groups is 2. The summed E-state index contributed by atoms with van der Waals surface area (Å²) in [5.74, 6) is -0.471. The van der Waals surface area contributed by atoms with E-state index < -0.39 is 12.0 Å². The van der Waals surface area contributed by atoms with Crippen LogP contribution in [0.1, 0.15) is 17.3 Å². The Balaban J connectivity index is 1.94. The number of amides is 2. The number of para-hydroxylation sites is 1. The molecule has 1 aliphatic rings. The molecule has 1 aromatic heterocycles. The summed E-state index contributed by atoms with van der Waals surface area (Å²) in [5.41, 5.74) is 0.503. The molecule has 0 radical (unpaired) electrons. The molecule has 0 aliphatic carbocycles. The number of anilines is 2. The average Bonchev–Trinajstić information content (AvgIpc) is 2.50. The number of hydrogen-bond acceptors (Lipinski definition) is 4. The summed E-state index contributed by atoms with van der Waals surface area (Å²) in [6.45, 7) is 1.59. The van der Waals surface area contributed by atoms with E-state index in [4.69, 9.17) is 4.74 Å². The van der Waals surface area contributed by atoms with Gasteiger partial charge < -0.3 is 20.4 Å². The van der Waals surface area contributed by atoms with E-state index in [0.29, 0.717) is 11.4 Å².